The monoisotopic (exact) mass is 315 g/mol. The van der Waals surface area contributed by atoms with Gasteiger partial charge in [-0.3, -0.25) is 4.79 Å². The smallest absolute Gasteiger partial charge is 0.416 e. The second kappa shape index (κ2) is 5.82. The lowest BCUT2D eigenvalue weighted by molar-refractivity contribution is -0.137. The Balaban J connectivity index is 2.13. The predicted molar refractivity (Wildman–Crippen MR) is 70.8 cm³/mol. The topological polar surface area (TPSA) is 42.2 Å². The van der Waals surface area contributed by atoms with Crippen LogP contribution >= 0.6 is 0 Å². The van der Waals surface area contributed by atoms with Crippen LogP contribution in [0.3, 0.4) is 0 Å². The van der Waals surface area contributed by atoms with E-state index in [2.05, 4.69) is 5.32 Å². The van der Waals surface area contributed by atoms with Gasteiger partial charge in [-0.15, -0.1) is 0 Å². The van der Waals surface area contributed by atoms with Crippen molar-refractivity contribution in [3.05, 3.63) is 58.3 Å². The van der Waals surface area contributed by atoms with E-state index in [-0.39, 0.29) is 12.1 Å². The van der Waals surface area contributed by atoms with Crippen molar-refractivity contribution in [2.75, 3.05) is 0 Å². The molecule has 0 fully saturated rings. The first kappa shape index (κ1) is 16.1. The SMILES string of the molecule is Cc1cc(C(=O)NCc2cc(F)cc(C(F)(F)F)c2)c(C)o1. The number of halogens is 4. The third-order valence-corrected chi connectivity index (χ3v) is 3.02. The molecule has 0 aliphatic rings. The van der Waals surface area contributed by atoms with Crippen molar-refractivity contribution in [2.24, 2.45) is 0 Å². The van der Waals surface area contributed by atoms with Crippen LogP contribution in [0.15, 0.2) is 28.7 Å². The van der Waals surface area contributed by atoms with Gasteiger partial charge in [-0.1, -0.05) is 0 Å². The number of hydrogen-bond acceptors (Lipinski definition) is 2. The lowest BCUT2D eigenvalue weighted by Crippen LogP contribution is -2.23. The molecule has 0 aliphatic heterocycles. The zero-order chi connectivity index (χ0) is 16.5. The number of alkyl halides is 3. The van der Waals surface area contributed by atoms with E-state index < -0.39 is 23.5 Å². The lowest BCUT2D eigenvalue weighted by Gasteiger charge is -2.10. The van der Waals surface area contributed by atoms with E-state index in [1.807, 2.05) is 0 Å². The summed E-state index contributed by atoms with van der Waals surface area (Å²) in [5.41, 5.74) is -0.768. The van der Waals surface area contributed by atoms with Gasteiger partial charge < -0.3 is 9.73 Å². The highest BCUT2D eigenvalue weighted by Crippen LogP contribution is 2.30. The third-order valence-electron chi connectivity index (χ3n) is 3.02. The maximum absolute atomic E-state index is 13.2. The highest BCUT2D eigenvalue weighted by atomic mass is 19.4. The van der Waals surface area contributed by atoms with Crippen LogP contribution in [-0.2, 0) is 12.7 Å². The first-order chi connectivity index (χ1) is 10.2. The van der Waals surface area contributed by atoms with Gasteiger partial charge in [0.25, 0.3) is 5.91 Å². The van der Waals surface area contributed by atoms with E-state index >= 15 is 0 Å². The molecule has 0 bridgehead atoms. The Labute approximate surface area is 123 Å². The molecule has 0 radical (unpaired) electrons. The predicted octanol–water partition coefficient (Wildman–Crippen LogP) is 3.98. The summed E-state index contributed by atoms with van der Waals surface area (Å²) in [4.78, 5) is 11.9. The average molecular weight is 315 g/mol. The van der Waals surface area contributed by atoms with Crippen LogP contribution in [0.25, 0.3) is 0 Å². The summed E-state index contributed by atoms with van der Waals surface area (Å²) in [7, 11) is 0. The molecule has 1 amide bonds. The van der Waals surface area contributed by atoms with Gasteiger partial charge in [-0.25, -0.2) is 4.39 Å². The average Bonchev–Trinajstić information content (AvgIpc) is 2.73. The summed E-state index contributed by atoms with van der Waals surface area (Å²) in [5.74, 6) is -0.542. The molecular formula is C15H13F4NO2. The Morgan fingerprint density at radius 3 is 2.41 bits per heavy atom. The number of aryl methyl sites for hydroxylation is 2. The minimum Gasteiger partial charge on any atom is -0.466 e. The Morgan fingerprint density at radius 2 is 1.86 bits per heavy atom. The Hall–Kier alpha value is -2.31. The molecule has 1 N–H and O–H groups in total. The molecule has 7 heteroatoms. The molecule has 1 aromatic heterocycles. The van der Waals surface area contributed by atoms with Crippen molar-refractivity contribution in [3.8, 4) is 0 Å². The molecule has 118 valence electrons. The Kier molecular flexibility index (Phi) is 4.25. The number of rotatable bonds is 3. The van der Waals surface area contributed by atoms with E-state index in [9.17, 15) is 22.4 Å². The zero-order valence-electron chi connectivity index (χ0n) is 11.8. The zero-order valence-corrected chi connectivity index (χ0v) is 11.8. The van der Waals surface area contributed by atoms with Crippen LogP contribution in [0.5, 0.6) is 0 Å². The number of furan rings is 1. The molecule has 0 aliphatic carbocycles. The molecule has 1 heterocycles. The van der Waals surface area contributed by atoms with Crippen LogP contribution in [0.4, 0.5) is 17.6 Å². The van der Waals surface area contributed by atoms with Crippen LogP contribution in [0, 0.1) is 19.7 Å². The van der Waals surface area contributed by atoms with Crippen molar-refractivity contribution in [2.45, 2.75) is 26.6 Å². The van der Waals surface area contributed by atoms with Gasteiger partial charge in [0.15, 0.2) is 0 Å². The number of benzene rings is 1. The number of carbonyl (C=O) groups excluding carboxylic acids is 1. The van der Waals surface area contributed by atoms with Gasteiger partial charge in [0.1, 0.15) is 17.3 Å². The Morgan fingerprint density at radius 1 is 1.18 bits per heavy atom. The van der Waals surface area contributed by atoms with Gasteiger partial charge in [-0.05, 0) is 43.7 Å². The standard InChI is InChI=1S/C15H13F4NO2/c1-8-3-13(9(2)22-8)14(21)20-7-10-4-11(15(17,18)19)6-12(16)5-10/h3-6H,7H2,1-2H3,(H,20,21). The van der Waals surface area contributed by atoms with Gasteiger partial charge in [0.2, 0.25) is 0 Å². The number of hydrogen-bond donors (Lipinski definition) is 1. The first-order valence-corrected chi connectivity index (χ1v) is 6.38. The first-order valence-electron chi connectivity index (χ1n) is 6.38. The number of amides is 1. The molecule has 0 atom stereocenters. The fraction of sp³-hybridized carbons (Fsp3) is 0.267. The maximum Gasteiger partial charge on any atom is 0.416 e. The second-order valence-corrected chi connectivity index (χ2v) is 4.86. The Bertz CT molecular complexity index is 704. The fourth-order valence-electron chi connectivity index (χ4n) is 2.05. The highest BCUT2D eigenvalue weighted by molar-refractivity contribution is 5.95. The maximum atomic E-state index is 13.2. The summed E-state index contributed by atoms with van der Waals surface area (Å²) in [5, 5.41) is 2.44. The molecular weight excluding hydrogens is 302 g/mol. The summed E-state index contributed by atoms with van der Waals surface area (Å²) < 4.78 is 56.2. The molecule has 0 unspecified atom stereocenters. The van der Waals surface area contributed by atoms with Crippen LogP contribution < -0.4 is 5.32 Å². The molecule has 2 aromatic rings. The van der Waals surface area contributed by atoms with Crippen molar-refractivity contribution >= 4 is 5.91 Å². The normalized spacial score (nSPS) is 11.5. The molecule has 0 saturated heterocycles. The lowest BCUT2D eigenvalue weighted by atomic mass is 10.1. The fourth-order valence-corrected chi connectivity index (χ4v) is 2.05. The molecule has 0 spiro atoms. The van der Waals surface area contributed by atoms with E-state index in [1.54, 1.807) is 13.8 Å². The van der Waals surface area contributed by atoms with E-state index in [0.717, 1.165) is 12.1 Å². The van der Waals surface area contributed by atoms with Crippen molar-refractivity contribution in [1.29, 1.82) is 0 Å². The van der Waals surface area contributed by atoms with Gasteiger partial charge in [-0.2, -0.15) is 13.2 Å². The van der Waals surface area contributed by atoms with Crippen molar-refractivity contribution in [1.82, 2.24) is 5.32 Å². The van der Waals surface area contributed by atoms with E-state index in [1.165, 1.54) is 6.07 Å². The summed E-state index contributed by atoms with van der Waals surface area (Å²) in [6.07, 6.45) is -4.64. The molecule has 22 heavy (non-hydrogen) atoms. The van der Waals surface area contributed by atoms with Gasteiger partial charge in [0, 0.05) is 6.54 Å². The summed E-state index contributed by atoms with van der Waals surface area (Å²) >= 11 is 0. The molecule has 0 saturated carbocycles. The minimum absolute atomic E-state index is 0.0264. The second-order valence-electron chi connectivity index (χ2n) is 4.86. The van der Waals surface area contributed by atoms with Crippen LogP contribution in [0.1, 0.15) is 33.0 Å². The highest BCUT2D eigenvalue weighted by Gasteiger charge is 2.31. The largest absolute Gasteiger partial charge is 0.466 e. The van der Waals surface area contributed by atoms with Gasteiger partial charge >= 0.3 is 6.18 Å². The third kappa shape index (κ3) is 3.66. The quantitative estimate of drug-likeness (QED) is 0.870. The molecule has 1 aromatic carbocycles. The number of nitrogens with one attached hydrogen (secondary N) is 1. The van der Waals surface area contributed by atoms with E-state index in [0.29, 0.717) is 23.2 Å². The summed E-state index contributed by atoms with van der Waals surface area (Å²) in [6.45, 7) is 3.06. The van der Waals surface area contributed by atoms with Crippen LogP contribution in [-0.4, -0.2) is 5.91 Å². The van der Waals surface area contributed by atoms with Crippen molar-refractivity contribution < 1.29 is 26.8 Å². The van der Waals surface area contributed by atoms with Crippen LogP contribution in [0.2, 0.25) is 0 Å². The summed E-state index contributed by atoms with van der Waals surface area (Å²) in [6, 6.07) is 3.69. The molecule has 2 rings (SSSR count). The minimum atomic E-state index is -4.64. The van der Waals surface area contributed by atoms with E-state index in [4.69, 9.17) is 4.42 Å². The number of carbonyl (C=O) groups is 1. The molecule has 3 nitrogen and oxygen atoms in total. The van der Waals surface area contributed by atoms with Crippen molar-refractivity contribution in [3.63, 3.8) is 0 Å². The van der Waals surface area contributed by atoms with Gasteiger partial charge in [0.05, 0.1) is 11.1 Å².